The minimum Gasteiger partial charge on any atom is -0.481 e. The summed E-state index contributed by atoms with van der Waals surface area (Å²) in [7, 11) is 0. The topological polar surface area (TPSA) is 97.5 Å². The van der Waals surface area contributed by atoms with Crippen molar-refractivity contribution in [2.45, 2.75) is 45.8 Å². The van der Waals surface area contributed by atoms with Crippen LogP contribution in [0.25, 0.3) is 42.8 Å². The smallest absolute Gasteiger partial charge is 0.307 e. The predicted molar refractivity (Wildman–Crippen MR) is 157 cm³/mol. The van der Waals surface area contributed by atoms with Gasteiger partial charge in [0.05, 0.1) is 53.2 Å². The number of nitrogens with zero attached hydrogens (tertiary/aromatic N) is 3. The number of aliphatic hydroxyl groups is 1. The highest BCUT2D eigenvalue weighted by atomic mass is 35.5. The fourth-order valence-electron chi connectivity index (χ4n) is 4.50. The summed E-state index contributed by atoms with van der Waals surface area (Å²) in [5, 5.41) is 25.2. The highest BCUT2D eigenvalue weighted by Crippen LogP contribution is 2.41. The van der Waals surface area contributed by atoms with Gasteiger partial charge in [0.2, 0.25) is 0 Å². The van der Waals surface area contributed by atoms with Crippen molar-refractivity contribution in [3.63, 3.8) is 0 Å². The van der Waals surface area contributed by atoms with Gasteiger partial charge in [0.15, 0.2) is 0 Å². The van der Waals surface area contributed by atoms with Gasteiger partial charge in [-0.05, 0) is 80.8 Å². The molecule has 0 aliphatic carbocycles. The van der Waals surface area contributed by atoms with Crippen LogP contribution in [0.2, 0.25) is 5.02 Å². The van der Waals surface area contributed by atoms with Crippen molar-refractivity contribution in [1.29, 1.82) is 0 Å². The van der Waals surface area contributed by atoms with Crippen molar-refractivity contribution in [3.8, 4) is 21.7 Å². The van der Waals surface area contributed by atoms with Crippen LogP contribution in [-0.4, -0.2) is 49.8 Å². The SMILES string of the molecule is CC(C)(C)O.Cc1cc2nc(-c3ccc4c(cnn4C4COC4)c3)sc2c(-c2ccc(Cl)cc2)c1CC(=O)O. The molecule has 1 aliphatic rings. The second kappa shape index (κ2) is 10.7. The summed E-state index contributed by atoms with van der Waals surface area (Å²) < 4.78 is 8.32. The Morgan fingerprint density at radius 3 is 2.41 bits per heavy atom. The van der Waals surface area contributed by atoms with Gasteiger partial charge in [-0.25, -0.2) is 4.98 Å². The van der Waals surface area contributed by atoms with E-state index in [0.717, 1.165) is 53.9 Å². The number of fused-ring (bicyclic) bond motifs is 2. The molecule has 0 atom stereocenters. The highest BCUT2D eigenvalue weighted by molar-refractivity contribution is 7.22. The number of benzene rings is 3. The monoisotopic (exact) mass is 563 g/mol. The average Bonchev–Trinajstić information content (AvgIpc) is 3.42. The molecule has 2 aromatic heterocycles. The highest BCUT2D eigenvalue weighted by Gasteiger charge is 2.23. The molecule has 0 amide bonds. The van der Waals surface area contributed by atoms with Crippen molar-refractivity contribution >= 4 is 50.0 Å². The lowest BCUT2D eigenvalue weighted by molar-refractivity contribution is -0.136. The van der Waals surface area contributed by atoms with Crippen molar-refractivity contribution in [2.24, 2.45) is 0 Å². The van der Waals surface area contributed by atoms with Crippen LogP contribution >= 0.6 is 22.9 Å². The fraction of sp³-hybridized carbons (Fsp3) is 0.300. The van der Waals surface area contributed by atoms with Crippen LogP contribution in [0.15, 0.2) is 54.7 Å². The van der Waals surface area contributed by atoms with Crippen LogP contribution in [0.5, 0.6) is 0 Å². The summed E-state index contributed by atoms with van der Waals surface area (Å²) >= 11 is 7.70. The summed E-state index contributed by atoms with van der Waals surface area (Å²) in [4.78, 5) is 16.6. The number of halogens is 1. The Labute approximate surface area is 235 Å². The Balaban J connectivity index is 0.000000567. The molecule has 3 heterocycles. The second-order valence-electron chi connectivity index (χ2n) is 10.7. The number of carbonyl (C=O) groups is 1. The quantitative estimate of drug-likeness (QED) is 0.241. The third-order valence-electron chi connectivity index (χ3n) is 6.28. The molecule has 0 unspecified atom stereocenters. The summed E-state index contributed by atoms with van der Waals surface area (Å²) in [6.07, 6.45) is 1.84. The molecule has 5 aromatic rings. The minimum absolute atomic E-state index is 0.0526. The molecule has 0 saturated carbocycles. The number of aryl methyl sites for hydroxylation is 1. The summed E-state index contributed by atoms with van der Waals surface area (Å²) in [6, 6.07) is 16.1. The van der Waals surface area contributed by atoms with E-state index in [-0.39, 0.29) is 6.42 Å². The Morgan fingerprint density at radius 2 is 1.79 bits per heavy atom. The molecule has 0 spiro atoms. The molecule has 7 nitrogen and oxygen atoms in total. The van der Waals surface area contributed by atoms with E-state index in [2.05, 4.69) is 23.3 Å². The summed E-state index contributed by atoms with van der Waals surface area (Å²) in [5.41, 5.74) is 6.02. The molecule has 1 aliphatic heterocycles. The summed E-state index contributed by atoms with van der Waals surface area (Å²) in [6.45, 7) is 8.57. The number of rotatable bonds is 5. The zero-order chi connectivity index (χ0) is 27.9. The number of aliphatic carboxylic acids is 1. The maximum Gasteiger partial charge on any atom is 0.307 e. The fourth-order valence-corrected chi connectivity index (χ4v) is 5.76. The van der Waals surface area contributed by atoms with Gasteiger partial charge >= 0.3 is 5.97 Å². The molecule has 3 aromatic carbocycles. The number of carboxylic acid groups (broad SMARTS) is 1. The van der Waals surface area contributed by atoms with Crippen LogP contribution in [-0.2, 0) is 16.0 Å². The lowest BCUT2D eigenvalue weighted by Gasteiger charge is -2.26. The van der Waals surface area contributed by atoms with E-state index in [0.29, 0.717) is 24.3 Å². The van der Waals surface area contributed by atoms with Gasteiger partial charge < -0.3 is 14.9 Å². The van der Waals surface area contributed by atoms with E-state index in [4.69, 9.17) is 26.4 Å². The number of hydrogen-bond donors (Lipinski definition) is 2. The molecule has 9 heteroatoms. The van der Waals surface area contributed by atoms with E-state index in [1.807, 2.05) is 48.1 Å². The van der Waals surface area contributed by atoms with Gasteiger partial charge in [-0.15, -0.1) is 11.3 Å². The maximum atomic E-state index is 11.7. The van der Waals surface area contributed by atoms with Crippen LogP contribution in [0.1, 0.15) is 37.9 Å². The molecule has 39 heavy (non-hydrogen) atoms. The number of hydrogen-bond acceptors (Lipinski definition) is 6. The summed E-state index contributed by atoms with van der Waals surface area (Å²) in [5.74, 6) is -0.860. The molecular formula is C30H30ClN3O4S. The Hall–Kier alpha value is -3.30. The van der Waals surface area contributed by atoms with Crippen molar-refractivity contribution < 1.29 is 19.7 Å². The standard InChI is InChI=1S/C26H20ClN3O3S.C4H10O/c1-14-8-21-25(24(20(14)10-23(31)32)15-2-5-18(27)6-3-15)34-26(29-21)16-4-7-22-17(9-16)11-28-30(22)19-12-33-13-19;1-4(2,3)5/h2-9,11,19H,10,12-13H2,1H3,(H,31,32);5H,1-3H3. The number of aromatic nitrogens is 3. The van der Waals surface area contributed by atoms with E-state index < -0.39 is 11.6 Å². The molecule has 0 radical (unpaired) electrons. The minimum atomic E-state index is -0.860. The maximum absolute atomic E-state index is 11.7. The van der Waals surface area contributed by atoms with E-state index >= 15 is 0 Å². The molecule has 0 bridgehead atoms. The molecule has 202 valence electrons. The average molecular weight is 564 g/mol. The number of ether oxygens (including phenoxy) is 1. The lowest BCUT2D eigenvalue weighted by Crippen LogP contribution is -2.31. The second-order valence-corrected chi connectivity index (χ2v) is 12.2. The van der Waals surface area contributed by atoms with Crippen molar-refractivity contribution in [1.82, 2.24) is 14.8 Å². The van der Waals surface area contributed by atoms with Crippen LogP contribution < -0.4 is 0 Å². The molecular weight excluding hydrogens is 534 g/mol. The van der Waals surface area contributed by atoms with E-state index in [9.17, 15) is 9.90 Å². The number of thiazole rings is 1. The molecule has 2 N–H and O–H groups in total. The van der Waals surface area contributed by atoms with Crippen LogP contribution in [0.3, 0.4) is 0 Å². The first kappa shape index (κ1) is 27.3. The van der Waals surface area contributed by atoms with Crippen LogP contribution in [0, 0.1) is 6.92 Å². The normalized spacial score (nSPS) is 13.8. The molecule has 1 fully saturated rings. The van der Waals surface area contributed by atoms with Gasteiger partial charge in [0, 0.05) is 21.5 Å². The Morgan fingerprint density at radius 1 is 1.13 bits per heavy atom. The Bertz CT molecular complexity index is 1660. The van der Waals surface area contributed by atoms with E-state index in [1.54, 1.807) is 32.1 Å². The zero-order valence-electron chi connectivity index (χ0n) is 22.2. The van der Waals surface area contributed by atoms with Gasteiger partial charge in [0.25, 0.3) is 0 Å². The van der Waals surface area contributed by atoms with Gasteiger partial charge in [-0.1, -0.05) is 23.7 Å². The Kier molecular flexibility index (Phi) is 7.48. The zero-order valence-corrected chi connectivity index (χ0v) is 23.8. The van der Waals surface area contributed by atoms with Gasteiger partial charge in [-0.3, -0.25) is 9.48 Å². The largest absolute Gasteiger partial charge is 0.481 e. The number of carboxylic acids is 1. The molecule has 1 saturated heterocycles. The van der Waals surface area contributed by atoms with Gasteiger partial charge in [-0.2, -0.15) is 5.10 Å². The van der Waals surface area contributed by atoms with Gasteiger partial charge in [0.1, 0.15) is 5.01 Å². The van der Waals surface area contributed by atoms with Crippen molar-refractivity contribution in [3.05, 3.63) is 70.9 Å². The first-order valence-corrected chi connectivity index (χ1v) is 13.9. The predicted octanol–water partition coefficient (Wildman–Crippen LogP) is 6.92. The lowest BCUT2D eigenvalue weighted by atomic mass is 9.93. The van der Waals surface area contributed by atoms with Crippen molar-refractivity contribution in [2.75, 3.05) is 13.2 Å². The third kappa shape index (κ3) is 5.99. The first-order valence-electron chi connectivity index (χ1n) is 12.7. The van der Waals surface area contributed by atoms with E-state index in [1.165, 1.54) is 0 Å². The van der Waals surface area contributed by atoms with Crippen LogP contribution in [0.4, 0.5) is 0 Å². The molecule has 6 rings (SSSR count). The first-order chi connectivity index (χ1) is 18.5. The third-order valence-corrected chi connectivity index (χ3v) is 7.67.